The van der Waals surface area contributed by atoms with Gasteiger partial charge in [-0.05, 0) is 38.8 Å². The van der Waals surface area contributed by atoms with Crippen LogP contribution in [0.15, 0.2) is 40.1 Å². The molecule has 0 aliphatic heterocycles. The van der Waals surface area contributed by atoms with Gasteiger partial charge in [0.05, 0.1) is 0 Å². The molecule has 0 radical (unpaired) electrons. The molecule has 3 aromatic rings. The number of carbonyl (C=O) groups excluding carboxylic acids is 1. The molecule has 0 fully saturated rings. The van der Waals surface area contributed by atoms with Gasteiger partial charge in [-0.15, -0.1) is 10.2 Å². The lowest BCUT2D eigenvalue weighted by atomic mass is 10.1. The highest BCUT2D eigenvalue weighted by atomic mass is 32.2. The summed E-state index contributed by atoms with van der Waals surface area (Å²) in [5, 5.41) is 12.8. The van der Waals surface area contributed by atoms with Crippen molar-refractivity contribution in [2.75, 3.05) is 5.75 Å². The van der Waals surface area contributed by atoms with Crippen LogP contribution in [0.2, 0.25) is 0 Å². The maximum absolute atomic E-state index is 12.4. The van der Waals surface area contributed by atoms with Crippen molar-refractivity contribution in [2.24, 2.45) is 0 Å². The summed E-state index contributed by atoms with van der Waals surface area (Å²) in [6.45, 7) is 7.63. The number of carbonyl (C=O) groups is 1. The van der Waals surface area contributed by atoms with E-state index in [1.165, 1.54) is 11.8 Å². The van der Waals surface area contributed by atoms with Crippen molar-refractivity contribution in [3.05, 3.63) is 41.9 Å². The number of para-hydroxylation sites is 1. The number of rotatable bonds is 8. The van der Waals surface area contributed by atoms with Crippen molar-refractivity contribution >= 4 is 28.8 Å². The van der Waals surface area contributed by atoms with Crippen LogP contribution in [0, 0.1) is 0 Å². The summed E-state index contributed by atoms with van der Waals surface area (Å²) in [4.78, 5) is 15.7. The molecular formula is C21H28N4O3S. The van der Waals surface area contributed by atoms with Crippen LogP contribution in [0.5, 0.6) is 0 Å². The number of nitrogens with zero attached hydrogens (tertiary/aromatic N) is 2. The third kappa shape index (κ3) is 6.00. The number of aromatic nitrogens is 3. The zero-order valence-electron chi connectivity index (χ0n) is 17.3. The van der Waals surface area contributed by atoms with Gasteiger partial charge in [0, 0.05) is 29.3 Å². The third-order valence-corrected chi connectivity index (χ3v) is 5.14. The second-order valence-electron chi connectivity index (χ2n) is 7.87. The first kappa shape index (κ1) is 21.2. The quantitative estimate of drug-likeness (QED) is 0.385. The number of aromatic amines is 1. The Morgan fingerprint density at radius 1 is 1.31 bits per heavy atom. The summed E-state index contributed by atoms with van der Waals surface area (Å²) in [6.07, 6.45) is 4.13. The largest absolute Gasteiger partial charge is 0.444 e. The first-order valence-electron chi connectivity index (χ1n) is 9.86. The van der Waals surface area contributed by atoms with E-state index in [1.54, 1.807) is 0 Å². The Morgan fingerprint density at radius 3 is 2.86 bits per heavy atom. The fraction of sp³-hybridized carbons (Fsp3) is 0.476. The summed E-state index contributed by atoms with van der Waals surface area (Å²) >= 11 is 1.53. The van der Waals surface area contributed by atoms with Crippen molar-refractivity contribution in [2.45, 2.75) is 63.8 Å². The number of alkyl carbamates (subject to hydrolysis) is 1. The summed E-state index contributed by atoms with van der Waals surface area (Å²) < 4.78 is 11.3. The van der Waals surface area contributed by atoms with Crippen LogP contribution in [0.1, 0.15) is 58.0 Å². The molecule has 0 saturated carbocycles. The Balaban J connectivity index is 1.80. The Kier molecular flexibility index (Phi) is 6.84. The number of hydrogen-bond donors (Lipinski definition) is 2. The SMILES string of the molecule is CCCCSc1nnc([C@H](Cc2c[nH]c3ccccc23)NC(=O)OC(C)(C)C)o1. The standard InChI is InChI=1S/C21H28N4O3S/c1-5-6-11-29-20-25-24-18(27-20)17(23-19(26)28-21(2,3)4)12-14-13-22-16-10-8-7-9-15(14)16/h7-10,13,17,22H,5-6,11-12H2,1-4H3,(H,23,26)/t17-/m0/s1. The van der Waals surface area contributed by atoms with Gasteiger partial charge in [-0.3, -0.25) is 0 Å². The highest BCUT2D eigenvalue weighted by molar-refractivity contribution is 7.99. The van der Waals surface area contributed by atoms with Gasteiger partial charge in [0.15, 0.2) is 0 Å². The van der Waals surface area contributed by atoms with Crippen molar-refractivity contribution in [3.63, 3.8) is 0 Å². The minimum Gasteiger partial charge on any atom is -0.444 e. The van der Waals surface area contributed by atoms with Crippen molar-refractivity contribution in [1.82, 2.24) is 20.5 Å². The number of amides is 1. The number of H-pyrrole nitrogens is 1. The van der Waals surface area contributed by atoms with Gasteiger partial charge in [0.2, 0.25) is 5.89 Å². The van der Waals surface area contributed by atoms with Crippen molar-refractivity contribution in [3.8, 4) is 0 Å². The second-order valence-corrected chi connectivity index (χ2v) is 8.92. The van der Waals surface area contributed by atoms with Crippen molar-refractivity contribution < 1.29 is 13.9 Å². The third-order valence-electron chi connectivity index (χ3n) is 4.23. The minimum atomic E-state index is -0.592. The molecule has 1 atom stereocenters. The van der Waals surface area contributed by atoms with Crippen LogP contribution in [0.25, 0.3) is 10.9 Å². The van der Waals surface area contributed by atoms with Crippen molar-refractivity contribution in [1.29, 1.82) is 0 Å². The smallest absolute Gasteiger partial charge is 0.408 e. The summed E-state index contributed by atoms with van der Waals surface area (Å²) in [6, 6.07) is 7.55. The second kappa shape index (κ2) is 9.35. The van der Waals surface area contributed by atoms with E-state index in [9.17, 15) is 4.79 Å². The van der Waals surface area contributed by atoms with E-state index in [2.05, 4.69) is 27.4 Å². The average molecular weight is 417 g/mol. The molecule has 0 bridgehead atoms. The first-order valence-corrected chi connectivity index (χ1v) is 10.8. The van der Waals surface area contributed by atoms with Gasteiger partial charge in [-0.2, -0.15) is 0 Å². The predicted octanol–water partition coefficient (Wildman–Crippen LogP) is 5.25. The maximum Gasteiger partial charge on any atom is 0.408 e. The van der Waals surface area contributed by atoms with Gasteiger partial charge >= 0.3 is 6.09 Å². The molecule has 8 heteroatoms. The lowest BCUT2D eigenvalue weighted by Gasteiger charge is -2.22. The Morgan fingerprint density at radius 2 is 2.10 bits per heavy atom. The van der Waals surface area contributed by atoms with E-state index >= 15 is 0 Å². The number of benzene rings is 1. The lowest BCUT2D eigenvalue weighted by Crippen LogP contribution is -2.36. The van der Waals surface area contributed by atoms with E-state index in [0.29, 0.717) is 17.5 Å². The molecule has 0 aliphatic carbocycles. The molecule has 2 N–H and O–H groups in total. The Labute approximate surface area is 175 Å². The van der Waals surface area contributed by atoms with E-state index in [0.717, 1.165) is 35.1 Å². The van der Waals surface area contributed by atoms with Gasteiger partial charge < -0.3 is 19.5 Å². The van der Waals surface area contributed by atoms with E-state index in [1.807, 2.05) is 51.2 Å². The molecule has 1 amide bonds. The van der Waals surface area contributed by atoms with E-state index in [-0.39, 0.29) is 0 Å². The molecule has 29 heavy (non-hydrogen) atoms. The topological polar surface area (TPSA) is 93.0 Å². The summed E-state index contributed by atoms with van der Waals surface area (Å²) in [5.74, 6) is 1.30. The highest BCUT2D eigenvalue weighted by Crippen LogP contribution is 2.26. The summed E-state index contributed by atoms with van der Waals surface area (Å²) in [5.41, 5.74) is 1.51. The number of unbranched alkanes of at least 4 members (excludes halogenated alkanes) is 1. The van der Waals surface area contributed by atoms with Crippen LogP contribution in [0.4, 0.5) is 4.79 Å². The van der Waals surface area contributed by atoms with E-state index < -0.39 is 17.7 Å². The summed E-state index contributed by atoms with van der Waals surface area (Å²) in [7, 11) is 0. The van der Waals surface area contributed by atoms with Crippen LogP contribution < -0.4 is 5.32 Å². The zero-order valence-corrected chi connectivity index (χ0v) is 18.1. The Bertz CT molecular complexity index is 945. The van der Waals surface area contributed by atoms with Gasteiger partial charge in [0.1, 0.15) is 11.6 Å². The van der Waals surface area contributed by atoms with Crippen LogP contribution in [0.3, 0.4) is 0 Å². The number of fused-ring (bicyclic) bond motifs is 1. The van der Waals surface area contributed by atoms with Crippen LogP contribution in [-0.2, 0) is 11.2 Å². The highest BCUT2D eigenvalue weighted by Gasteiger charge is 2.26. The molecule has 0 unspecified atom stereocenters. The van der Waals surface area contributed by atoms with Gasteiger partial charge in [0.25, 0.3) is 5.22 Å². The molecule has 0 spiro atoms. The van der Waals surface area contributed by atoms with Gasteiger partial charge in [-0.1, -0.05) is 43.3 Å². The maximum atomic E-state index is 12.4. The molecule has 2 heterocycles. The number of hydrogen-bond acceptors (Lipinski definition) is 6. The lowest BCUT2D eigenvalue weighted by molar-refractivity contribution is 0.0494. The molecule has 0 aliphatic rings. The number of ether oxygens (including phenoxy) is 1. The molecular weight excluding hydrogens is 388 g/mol. The molecule has 2 aromatic heterocycles. The fourth-order valence-corrected chi connectivity index (χ4v) is 3.74. The molecule has 7 nitrogen and oxygen atoms in total. The fourth-order valence-electron chi connectivity index (χ4n) is 2.89. The predicted molar refractivity (Wildman–Crippen MR) is 114 cm³/mol. The van der Waals surface area contributed by atoms with Crippen LogP contribution >= 0.6 is 11.8 Å². The minimum absolute atomic E-state index is 0.375. The van der Waals surface area contributed by atoms with E-state index in [4.69, 9.17) is 9.15 Å². The number of thioether (sulfide) groups is 1. The molecule has 156 valence electrons. The first-order chi connectivity index (χ1) is 13.9. The normalized spacial score (nSPS) is 12.8. The Hall–Kier alpha value is -2.48. The van der Waals surface area contributed by atoms with Crippen LogP contribution in [-0.4, -0.2) is 32.6 Å². The molecule has 0 saturated heterocycles. The molecule has 3 rings (SSSR count). The number of nitrogens with one attached hydrogen (secondary N) is 2. The monoisotopic (exact) mass is 416 g/mol. The molecule has 1 aromatic carbocycles. The zero-order chi connectivity index (χ0) is 20.9. The average Bonchev–Trinajstić information content (AvgIpc) is 3.27. The van der Waals surface area contributed by atoms with Gasteiger partial charge in [-0.25, -0.2) is 4.79 Å².